The van der Waals surface area contributed by atoms with E-state index in [0.717, 1.165) is 24.5 Å². The maximum atomic E-state index is 5.94. The van der Waals surface area contributed by atoms with Gasteiger partial charge < -0.3 is 5.32 Å². The summed E-state index contributed by atoms with van der Waals surface area (Å²) < 4.78 is 0. The minimum absolute atomic E-state index is 0.427. The van der Waals surface area contributed by atoms with Crippen LogP contribution in [0.25, 0.3) is 0 Å². The zero-order valence-corrected chi connectivity index (χ0v) is 11.2. The van der Waals surface area contributed by atoms with Crippen molar-refractivity contribution in [2.24, 2.45) is 5.92 Å². The van der Waals surface area contributed by atoms with Gasteiger partial charge in [-0.3, -0.25) is 0 Å². The molecule has 1 rings (SSSR count). The van der Waals surface area contributed by atoms with Crippen LogP contribution in [-0.4, -0.2) is 16.0 Å². The van der Waals surface area contributed by atoms with Crippen molar-refractivity contribution >= 4 is 17.4 Å². The molecule has 1 aromatic heterocycles. The standard InChI is InChI=1S/C12H20ClN3/c1-5-9(8(3)4)14-12-7-10(13)15-11(6-2)16-12/h7-9H,5-6H2,1-4H3,(H,14,15,16). The van der Waals surface area contributed by atoms with Crippen molar-refractivity contribution in [3.63, 3.8) is 0 Å². The lowest BCUT2D eigenvalue weighted by Crippen LogP contribution is -2.25. The first-order valence-electron chi connectivity index (χ1n) is 5.86. The van der Waals surface area contributed by atoms with Gasteiger partial charge in [0.05, 0.1) is 0 Å². The highest BCUT2D eigenvalue weighted by Crippen LogP contribution is 2.16. The van der Waals surface area contributed by atoms with Gasteiger partial charge in [-0.15, -0.1) is 0 Å². The molecule has 1 heterocycles. The highest BCUT2D eigenvalue weighted by Gasteiger charge is 2.12. The van der Waals surface area contributed by atoms with Gasteiger partial charge >= 0.3 is 0 Å². The van der Waals surface area contributed by atoms with Crippen LogP contribution in [0.4, 0.5) is 5.82 Å². The number of nitrogens with one attached hydrogen (secondary N) is 1. The Morgan fingerprint density at radius 2 is 2.00 bits per heavy atom. The summed E-state index contributed by atoms with van der Waals surface area (Å²) in [4.78, 5) is 8.56. The Bertz CT molecular complexity index is 339. The highest BCUT2D eigenvalue weighted by molar-refractivity contribution is 6.29. The maximum Gasteiger partial charge on any atom is 0.134 e. The van der Waals surface area contributed by atoms with E-state index < -0.39 is 0 Å². The van der Waals surface area contributed by atoms with E-state index >= 15 is 0 Å². The van der Waals surface area contributed by atoms with E-state index in [1.54, 1.807) is 6.07 Å². The maximum absolute atomic E-state index is 5.94. The molecule has 0 aliphatic rings. The summed E-state index contributed by atoms with van der Waals surface area (Å²) in [5.74, 6) is 2.19. The molecule has 0 fully saturated rings. The summed E-state index contributed by atoms with van der Waals surface area (Å²) >= 11 is 5.94. The first kappa shape index (κ1) is 13.2. The summed E-state index contributed by atoms with van der Waals surface area (Å²) in [7, 11) is 0. The van der Waals surface area contributed by atoms with Crippen LogP contribution >= 0.6 is 11.6 Å². The molecular weight excluding hydrogens is 222 g/mol. The van der Waals surface area contributed by atoms with Crippen molar-refractivity contribution in [2.75, 3.05) is 5.32 Å². The van der Waals surface area contributed by atoms with Gasteiger partial charge in [0.1, 0.15) is 16.8 Å². The number of aryl methyl sites for hydroxylation is 1. The van der Waals surface area contributed by atoms with Crippen molar-refractivity contribution < 1.29 is 0 Å². The number of rotatable bonds is 5. The molecule has 90 valence electrons. The van der Waals surface area contributed by atoms with Gasteiger partial charge in [0.25, 0.3) is 0 Å². The third-order valence-electron chi connectivity index (χ3n) is 2.64. The predicted molar refractivity (Wildman–Crippen MR) is 69.0 cm³/mol. The predicted octanol–water partition coefficient (Wildman–Crippen LogP) is 3.54. The molecule has 16 heavy (non-hydrogen) atoms. The van der Waals surface area contributed by atoms with Gasteiger partial charge in [0.2, 0.25) is 0 Å². The molecule has 1 unspecified atom stereocenters. The molecule has 1 N–H and O–H groups in total. The van der Waals surface area contributed by atoms with E-state index in [2.05, 4.69) is 36.1 Å². The van der Waals surface area contributed by atoms with Crippen LogP contribution < -0.4 is 5.32 Å². The number of aromatic nitrogens is 2. The Morgan fingerprint density at radius 1 is 1.31 bits per heavy atom. The van der Waals surface area contributed by atoms with Crippen molar-refractivity contribution in [1.82, 2.24) is 9.97 Å². The lowest BCUT2D eigenvalue weighted by molar-refractivity contribution is 0.509. The fourth-order valence-corrected chi connectivity index (χ4v) is 1.83. The number of anilines is 1. The van der Waals surface area contributed by atoms with Crippen molar-refractivity contribution in [1.29, 1.82) is 0 Å². The summed E-state index contributed by atoms with van der Waals surface area (Å²) in [6, 6.07) is 2.21. The third kappa shape index (κ3) is 3.63. The monoisotopic (exact) mass is 241 g/mol. The smallest absolute Gasteiger partial charge is 0.134 e. The molecule has 1 atom stereocenters. The van der Waals surface area contributed by atoms with Crippen LogP contribution in [-0.2, 0) is 6.42 Å². The van der Waals surface area contributed by atoms with Gasteiger partial charge in [0.15, 0.2) is 0 Å². The summed E-state index contributed by atoms with van der Waals surface area (Å²) in [6.07, 6.45) is 1.87. The van der Waals surface area contributed by atoms with Crippen LogP contribution in [0.3, 0.4) is 0 Å². The SMILES string of the molecule is CCc1nc(Cl)cc(NC(CC)C(C)C)n1. The van der Waals surface area contributed by atoms with Gasteiger partial charge in [-0.25, -0.2) is 9.97 Å². The first-order chi connectivity index (χ1) is 7.56. The van der Waals surface area contributed by atoms with Crippen LogP contribution in [0, 0.1) is 5.92 Å². The molecule has 0 aliphatic heterocycles. The quantitative estimate of drug-likeness (QED) is 0.802. The Morgan fingerprint density at radius 3 is 2.50 bits per heavy atom. The fourth-order valence-electron chi connectivity index (χ4n) is 1.63. The van der Waals surface area contributed by atoms with Gasteiger partial charge in [-0.1, -0.05) is 39.3 Å². The van der Waals surface area contributed by atoms with Gasteiger partial charge in [-0.2, -0.15) is 0 Å². The molecule has 4 heteroatoms. The highest BCUT2D eigenvalue weighted by atomic mass is 35.5. The first-order valence-corrected chi connectivity index (χ1v) is 6.24. The second-order valence-corrected chi connectivity index (χ2v) is 4.64. The molecule has 0 saturated carbocycles. The second kappa shape index (κ2) is 6.04. The van der Waals surface area contributed by atoms with E-state index in [1.807, 2.05) is 6.92 Å². The molecule has 1 aromatic rings. The minimum Gasteiger partial charge on any atom is -0.367 e. The number of nitrogens with zero attached hydrogens (tertiary/aromatic N) is 2. The van der Waals surface area contributed by atoms with Gasteiger partial charge in [-0.05, 0) is 12.3 Å². The molecule has 0 radical (unpaired) electrons. The molecule has 0 aromatic carbocycles. The largest absolute Gasteiger partial charge is 0.367 e. The molecule has 0 aliphatic carbocycles. The Balaban J connectivity index is 2.83. The fraction of sp³-hybridized carbons (Fsp3) is 0.667. The normalized spacial score (nSPS) is 12.9. The number of halogens is 1. The summed E-state index contributed by atoms with van der Waals surface area (Å²) in [5.41, 5.74) is 0. The minimum atomic E-state index is 0.427. The van der Waals surface area contributed by atoms with Crippen molar-refractivity contribution in [2.45, 2.75) is 46.6 Å². The summed E-state index contributed by atoms with van der Waals surface area (Å²) in [5, 5.41) is 3.92. The van der Waals surface area contributed by atoms with Crippen molar-refractivity contribution in [3.8, 4) is 0 Å². The molecule has 0 spiro atoms. The molecule has 0 bridgehead atoms. The lowest BCUT2D eigenvalue weighted by Gasteiger charge is -2.21. The van der Waals surface area contributed by atoms with Gasteiger partial charge in [0, 0.05) is 18.5 Å². The van der Waals surface area contributed by atoms with Crippen LogP contribution in [0.1, 0.15) is 39.9 Å². The van der Waals surface area contributed by atoms with E-state index in [1.165, 1.54) is 0 Å². The molecule has 0 saturated heterocycles. The van der Waals surface area contributed by atoms with E-state index in [9.17, 15) is 0 Å². The molecule has 0 amide bonds. The Kier molecular flexibility index (Phi) is 5.00. The average Bonchev–Trinajstić information content (AvgIpc) is 2.24. The van der Waals surface area contributed by atoms with E-state index in [4.69, 9.17) is 11.6 Å². The zero-order valence-electron chi connectivity index (χ0n) is 10.4. The Labute approximate surface area is 103 Å². The van der Waals surface area contributed by atoms with E-state index in [-0.39, 0.29) is 0 Å². The summed E-state index contributed by atoms with van der Waals surface area (Å²) in [6.45, 7) is 8.59. The molecule has 3 nitrogen and oxygen atoms in total. The zero-order chi connectivity index (χ0) is 12.1. The topological polar surface area (TPSA) is 37.8 Å². The Hall–Kier alpha value is -0.830. The number of hydrogen-bond donors (Lipinski definition) is 1. The van der Waals surface area contributed by atoms with E-state index in [0.29, 0.717) is 17.1 Å². The average molecular weight is 242 g/mol. The van der Waals surface area contributed by atoms with Crippen molar-refractivity contribution in [3.05, 3.63) is 17.0 Å². The van der Waals surface area contributed by atoms with Crippen LogP contribution in [0.5, 0.6) is 0 Å². The molecular formula is C12H20ClN3. The van der Waals surface area contributed by atoms with Crippen LogP contribution in [0.15, 0.2) is 6.07 Å². The number of hydrogen-bond acceptors (Lipinski definition) is 3. The second-order valence-electron chi connectivity index (χ2n) is 4.25. The van der Waals surface area contributed by atoms with Crippen LogP contribution in [0.2, 0.25) is 5.15 Å². The third-order valence-corrected chi connectivity index (χ3v) is 2.83. The lowest BCUT2D eigenvalue weighted by atomic mass is 10.0.